The molecule has 30 nitrogen and oxygen atoms in total. The average Bonchev–Trinajstić information content (AvgIpc) is 0.781. The van der Waals surface area contributed by atoms with Crippen LogP contribution in [0.1, 0.15) is 19.3 Å². The highest BCUT2D eigenvalue weighted by molar-refractivity contribution is 5.62. The quantitative estimate of drug-likeness (QED) is 0.0136. The van der Waals surface area contributed by atoms with Crippen molar-refractivity contribution >= 4 is 71.4 Å². The summed E-state index contributed by atoms with van der Waals surface area (Å²) in [6.07, 6.45) is 44.6. The van der Waals surface area contributed by atoms with Gasteiger partial charge < -0.3 is 74.5 Å². The molecule has 4 aromatic heterocycles. The summed E-state index contributed by atoms with van der Waals surface area (Å²) in [5.41, 5.74) is 0. The summed E-state index contributed by atoms with van der Waals surface area (Å²) in [6, 6.07) is 0. The van der Waals surface area contributed by atoms with E-state index in [0.717, 1.165) is 0 Å². The molecule has 528 valence electrons. The molecule has 0 unspecified atom stereocenters. The largest absolute Gasteiger partial charge is 0.501 e. The van der Waals surface area contributed by atoms with E-state index in [4.69, 9.17) is 102 Å². The van der Waals surface area contributed by atoms with E-state index in [-0.39, 0.29) is 190 Å². The minimum atomic E-state index is 0.0290. The Hall–Kier alpha value is -12.2. The van der Waals surface area contributed by atoms with Gasteiger partial charge in [0, 0.05) is 19.6 Å². The molecule has 0 saturated carbocycles. The van der Waals surface area contributed by atoms with Crippen molar-refractivity contribution < 1.29 is 42.6 Å². The minimum Gasteiger partial charge on any atom is -0.501 e. The van der Waals surface area contributed by atoms with E-state index in [2.05, 4.69) is 91.1 Å². The number of nitrogens with zero attached hydrogens (tertiary/aromatic N) is 15. The monoisotopic (exact) mass is 1360 g/mol. The number of anilines is 12. The molecule has 4 aromatic rings. The molecular formula is C69H93N21O9. The van der Waals surface area contributed by atoms with Gasteiger partial charge in [-0.1, -0.05) is 114 Å². The normalized spacial score (nSPS) is 11.3. The van der Waals surface area contributed by atoms with Gasteiger partial charge in [0.15, 0.2) is 0 Å². The number of hydrogen-bond acceptors (Lipinski definition) is 30. The minimum absolute atomic E-state index is 0.0290. The van der Waals surface area contributed by atoms with Crippen molar-refractivity contribution in [2.24, 2.45) is 0 Å². The van der Waals surface area contributed by atoms with Crippen LogP contribution in [0, 0.1) is 0 Å². The van der Waals surface area contributed by atoms with Crippen LogP contribution in [0.15, 0.2) is 225 Å². The van der Waals surface area contributed by atoms with E-state index in [1.54, 1.807) is 143 Å². The predicted molar refractivity (Wildman–Crippen MR) is 393 cm³/mol. The van der Waals surface area contributed by atoms with Gasteiger partial charge in [0.05, 0.1) is 115 Å². The van der Waals surface area contributed by atoms with Crippen LogP contribution in [0.3, 0.4) is 0 Å². The second-order valence-electron chi connectivity index (χ2n) is 19.1. The summed E-state index contributed by atoms with van der Waals surface area (Å²) < 4.78 is 51.9. The zero-order valence-electron chi connectivity index (χ0n) is 56.2. The molecule has 0 fully saturated rings. The third kappa shape index (κ3) is 34.7. The zero-order chi connectivity index (χ0) is 70.7. The Labute approximate surface area is 580 Å². The van der Waals surface area contributed by atoms with Gasteiger partial charge in [-0.25, -0.2) is 0 Å². The molecule has 0 atom stereocenters. The van der Waals surface area contributed by atoms with Crippen LogP contribution < -0.4 is 46.6 Å². The average molecular weight is 1360 g/mol. The van der Waals surface area contributed by atoms with Crippen LogP contribution in [0.2, 0.25) is 0 Å². The molecule has 99 heavy (non-hydrogen) atoms. The summed E-state index contributed by atoms with van der Waals surface area (Å²) in [4.78, 5) is 65.5. The van der Waals surface area contributed by atoms with Crippen LogP contribution in [0.25, 0.3) is 0 Å². The van der Waals surface area contributed by atoms with Crippen LogP contribution in [0.5, 0.6) is 0 Å². The first-order valence-electron chi connectivity index (χ1n) is 31.7. The van der Waals surface area contributed by atoms with Crippen molar-refractivity contribution in [3.8, 4) is 0 Å². The fraction of sp³-hybridized carbons (Fsp3) is 0.304. The summed E-state index contributed by atoms with van der Waals surface area (Å²) >= 11 is 0. The van der Waals surface area contributed by atoms with Gasteiger partial charge in [-0.2, -0.15) is 59.8 Å². The Morgan fingerprint density at radius 2 is 0.384 bits per heavy atom. The summed E-state index contributed by atoms with van der Waals surface area (Å²) in [5, 5.41) is 19.7. The summed E-state index contributed by atoms with van der Waals surface area (Å²) in [5.74, 6) is 1.47. The highest BCUT2D eigenvalue weighted by atomic mass is 16.5. The van der Waals surface area contributed by atoms with Crippen LogP contribution in [-0.4, -0.2) is 178 Å². The van der Waals surface area contributed by atoms with Gasteiger partial charge in [-0.05, 0) is 73.9 Å². The van der Waals surface area contributed by atoms with Crippen molar-refractivity contribution in [2.75, 3.05) is 165 Å². The van der Waals surface area contributed by atoms with Gasteiger partial charge in [-0.3, -0.25) is 14.7 Å². The van der Waals surface area contributed by atoms with Gasteiger partial charge in [0.2, 0.25) is 71.4 Å². The van der Waals surface area contributed by atoms with E-state index < -0.39 is 0 Å². The van der Waals surface area contributed by atoms with Crippen molar-refractivity contribution in [3.63, 3.8) is 0 Å². The lowest BCUT2D eigenvalue weighted by molar-refractivity contribution is 0.246. The number of rotatable bonds is 60. The maximum absolute atomic E-state index is 5.93. The Morgan fingerprint density at radius 1 is 0.222 bits per heavy atom. The number of aromatic nitrogens is 12. The van der Waals surface area contributed by atoms with Gasteiger partial charge >= 0.3 is 0 Å². The molecule has 4 heterocycles. The fourth-order valence-electron chi connectivity index (χ4n) is 7.37. The standard InChI is InChI=1S/C69H93N21O9/c1-10-19-40-91-49-28-37-88(64-79-58(70-31-52-94-43-22-13-4)76-59(80-64)71-32-53-95-44-23-14-5)67-85-68(89(38-29-50-92-41-20-11-2)65-81-60(72-33-54-96-45-24-15-6)77-61(82-65)73-34-55-97-46-25-16-7)87-69(86-67)90(39-30-51-93-42-21-12-3)66-83-62(74-35-56-98-47-26-17-8)78-63(84-66)75-36-57-99-48-27-18-9/h10-27,40-48H,1-9,28-39,49-57H2,(H2,70,71,76,79,80)(H2,72,73,77,81,82)(H2,74,75,78,83,84). The lowest BCUT2D eigenvalue weighted by atomic mass is 10.4. The van der Waals surface area contributed by atoms with E-state index >= 15 is 0 Å². The second-order valence-corrected chi connectivity index (χ2v) is 19.1. The Morgan fingerprint density at radius 3 is 0.556 bits per heavy atom. The third-order valence-electron chi connectivity index (χ3n) is 11.7. The first kappa shape index (κ1) is 79.2. The van der Waals surface area contributed by atoms with E-state index in [9.17, 15) is 0 Å². The molecule has 0 aromatic carbocycles. The van der Waals surface area contributed by atoms with Crippen molar-refractivity contribution in [3.05, 3.63) is 225 Å². The molecule has 6 N–H and O–H groups in total. The molecule has 0 saturated heterocycles. The highest BCUT2D eigenvalue weighted by Gasteiger charge is 2.28. The van der Waals surface area contributed by atoms with Crippen LogP contribution in [-0.2, 0) is 42.6 Å². The molecule has 0 amide bonds. The first-order chi connectivity index (χ1) is 48.8. The molecular weight excluding hydrogens is 1270 g/mol. The lowest BCUT2D eigenvalue weighted by Crippen LogP contribution is -2.32. The molecule has 0 bridgehead atoms. The number of allylic oxidation sites excluding steroid dienone is 18. The first-order valence-corrected chi connectivity index (χ1v) is 31.7. The Balaban J connectivity index is 2.21. The lowest BCUT2D eigenvalue weighted by Gasteiger charge is -2.28. The van der Waals surface area contributed by atoms with Crippen LogP contribution >= 0.6 is 0 Å². The predicted octanol–water partition coefficient (Wildman–Crippen LogP) is 10.9. The third-order valence-corrected chi connectivity index (χ3v) is 11.7. The molecule has 30 heteroatoms. The smallest absolute Gasteiger partial charge is 0.238 e. The number of nitrogens with one attached hydrogen (secondary N) is 6. The Kier molecular flexibility index (Phi) is 42.4. The Bertz CT molecular complexity index is 2850. The van der Waals surface area contributed by atoms with Gasteiger partial charge in [-0.15, -0.1) is 0 Å². The fourth-order valence-corrected chi connectivity index (χ4v) is 7.37. The van der Waals surface area contributed by atoms with Crippen LogP contribution in [0.4, 0.5) is 71.4 Å². The maximum atomic E-state index is 5.93. The van der Waals surface area contributed by atoms with Crippen molar-refractivity contribution in [2.45, 2.75) is 19.3 Å². The zero-order valence-corrected chi connectivity index (χ0v) is 56.2. The molecule has 0 aliphatic rings. The summed E-state index contributed by atoms with van der Waals surface area (Å²) in [7, 11) is 0. The van der Waals surface area contributed by atoms with Crippen molar-refractivity contribution in [1.29, 1.82) is 0 Å². The maximum Gasteiger partial charge on any atom is 0.238 e. The number of hydrogen-bond donors (Lipinski definition) is 6. The molecule has 0 aliphatic carbocycles. The van der Waals surface area contributed by atoms with Crippen molar-refractivity contribution in [1.82, 2.24) is 59.8 Å². The second kappa shape index (κ2) is 53.1. The van der Waals surface area contributed by atoms with E-state index in [0.29, 0.717) is 19.3 Å². The molecule has 0 radical (unpaired) electrons. The highest BCUT2D eigenvalue weighted by Crippen LogP contribution is 2.31. The SMILES string of the molecule is C=CC=COCCCN(c1nc(NCCOC=CC=C)nc(NCCOC=CC=C)n1)c1nc(N(CCCOC=CC=C)c2nc(NCCOC=CC=C)nc(NCCOC=CC=C)n2)nc(N(CCCOC=CC=C)c2nc(NCCOC=CC=C)nc(NCCOC=CC=C)n2)n1. The van der Waals surface area contributed by atoms with E-state index in [1.165, 1.54) is 37.6 Å². The molecule has 4 rings (SSSR count). The van der Waals surface area contributed by atoms with Gasteiger partial charge in [0.25, 0.3) is 0 Å². The van der Waals surface area contributed by atoms with E-state index in [1.807, 2.05) is 0 Å². The summed E-state index contributed by atoms with van der Waals surface area (Å²) in [6.45, 7) is 37.9. The van der Waals surface area contributed by atoms with Gasteiger partial charge in [0.1, 0.15) is 39.6 Å². The molecule has 0 aliphatic heterocycles. The topological polar surface area (TPSA) is 320 Å². The number of ether oxygens (including phenoxy) is 9. The molecule has 0 spiro atoms.